The summed E-state index contributed by atoms with van der Waals surface area (Å²) in [6.45, 7) is 4.81. The molecule has 0 radical (unpaired) electrons. The van der Waals surface area contributed by atoms with Gasteiger partial charge in [0.05, 0.1) is 0 Å². The highest BCUT2D eigenvalue weighted by Crippen LogP contribution is 2.33. The molecule has 1 saturated heterocycles. The van der Waals surface area contributed by atoms with E-state index in [1.54, 1.807) is 0 Å². The number of carbonyl (C=O) groups is 3. The van der Waals surface area contributed by atoms with Crippen molar-refractivity contribution in [3.63, 3.8) is 0 Å². The maximum atomic E-state index is 12.2. The molecule has 2 heterocycles. The normalized spacial score (nSPS) is 24.8. The predicted octanol–water partition coefficient (Wildman–Crippen LogP) is -0.729. The van der Waals surface area contributed by atoms with Gasteiger partial charge in [-0.15, -0.1) is 0 Å². The van der Waals surface area contributed by atoms with Crippen LogP contribution in [-0.2, 0) is 33.3 Å². The highest BCUT2D eigenvalue weighted by molar-refractivity contribution is 5.67. The quantitative estimate of drug-likeness (QED) is 0.482. The van der Waals surface area contributed by atoms with Crippen molar-refractivity contribution in [1.29, 1.82) is 0 Å². The zero-order chi connectivity index (χ0) is 19.4. The van der Waals surface area contributed by atoms with Crippen LogP contribution in [0.1, 0.15) is 32.8 Å². The molecule has 0 amide bonds. The van der Waals surface area contributed by atoms with Crippen molar-refractivity contribution in [2.75, 3.05) is 6.61 Å². The topological polar surface area (TPSA) is 136 Å². The number of ether oxygens (including phenoxy) is 4. The maximum Gasteiger partial charge on any atom is 0.352 e. The smallest absolute Gasteiger partial charge is 0.352 e. The number of hydrogen-bond acceptors (Lipinski definition) is 10. The van der Waals surface area contributed by atoms with Crippen molar-refractivity contribution >= 4 is 17.9 Å². The van der Waals surface area contributed by atoms with Gasteiger partial charge in [-0.1, -0.05) is 0 Å². The van der Waals surface area contributed by atoms with Crippen LogP contribution < -0.4 is 5.69 Å². The second kappa shape index (κ2) is 8.04. The van der Waals surface area contributed by atoms with Gasteiger partial charge in [-0.05, 0) is 6.92 Å². The van der Waals surface area contributed by atoms with E-state index >= 15 is 0 Å². The molecule has 0 saturated carbocycles. The lowest BCUT2D eigenvalue weighted by Gasteiger charge is -2.23. The summed E-state index contributed by atoms with van der Waals surface area (Å²) in [5.74, 6) is -1.65. The van der Waals surface area contributed by atoms with Gasteiger partial charge in [-0.25, -0.2) is 9.78 Å². The summed E-state index contributed by atoms with van der Waals surface area (Å²) in [6.07, 6.45) is -3.16. The Balaban J connectivity index is 2.40. The fraction of sp³-hybridized carbons (Fsp3) is 0.600. The first-order chi connectivity index (χ1) is 12.2. The zero-order valence-corrected chi connectivity index (χ0v) is 14.7. The molecular weight excluding hydrogens is 350 g/mol. The summed E-state index contributed by atoms with van der Waals surface area (Å²) < 4.78 is 22.0. The summed E-state index contributed by atoms with van der Waals surface area (Å²) in [5, 5.41) is 0. The van der Waals surface area contributed by atoms with Crippen molar-refractivity contribution in [2.24, 2.45) is 0 Å². The molecule has 26 heavy (non-hydrogen) atoms. The lowest BCUT2D eigenvalue weighted by Crippen LogP contribution is -2.42. The van der Waals surface area contributed by atoms with E-state index in [4.69, 9.17) is 18.9 Å². The van der Waals surface area contributed by atoms with Crippen LogP contribution in [0, 0.1) is 6.92 Å². The van der Waals surface area contributed by atoms with Gasteiger partial charge in [0, 0.05) is 20.8 Å². The van der Waals surface area contributed by atoms with Gasteiger partial charge in [0.1, 0.15) is 24.9 Å². The van der Waals surface area contributed by atoms with Crippen molar-refractivity contribution < 1.29 is 33.3 Å². The first-order valence-corrected chi connectivity index (χ1v) is 7.74. The van der Waals surface area contributed by atoms with Gasteiger partial charge < -0.3 is 18.9 Å². The monoisotopic (exact) mass is 369 g/mol. The van der Waals surface area contributed by atoms with Crippen LogP contribution in [-0.4, -0.2) is 57.4 Å². The molecular formula is C15H19N3O8. The lowest BCUT2D eigenvalue weighted by atomic mass is 10.1. The summed E-state index contributed by atoms with van der Waals surface area (Å²) in [4.78, 5) is 53.8. The number of aryl methyl sites for hydroxylation is 1. The third-order valence-electron chi connectivity index (χ3n) is 3.46. The molecule has 0 spiro atoms. The first kappa shape index (κ1) is 19.5. The van der Waals surface area contributed by atoms with Crippen LogP contribution in [0.5, 0.6) is 0 Å². The van der Waals surface area contributed by atoms with Crippen LogP contribution in [0.25, 0.3) is 0 Å². The number of esters is 3. The van der Waals surface area contributed by atoms with Gasteiger partial charge in [-0.3, -0.25) is 19.0 Å². The van der Waals surface area contributed by atoms with E-state index in [1.807, 2.05) is 0 Å². The minimum atomic E-state index is -1.16. The van der Waals surface area contributed by atoms with E-state index in [1.165, 1.54) is 27.1 Å². The highest BCUT2D eigenvalue weighted by Gasteiger charge is 2.51. The third kappa shape index (κ3) is 4.63. The molecule has 0 aliphatic carbocycles. The van der Waals surface area contributed by atoms with Crippen LogP contribution in [0.4, 0.5) is 0 Å². The van der Waals surface area contributed by atoms with Gasteiger partial charge >= 0.3 is 23.6 Å². The molecule has 0 N–H and O–H groups in total. The average Bonchev–Trinajstić information content (AvgIpc) is 2.82. The van der Waals surface area contributed by atoms with Crippen LogP contribution >= 0.6 is 0 Å². The number of nitrogens with zero attached hydrogens (tertiary/aromatic N) is 3. The SMILES string of the molecule is CC(=O)OC[C@H]1O[C@@H](n2cnc(C)nc2=O)C(OC(C)=O)[C@H]1OC(C)=O. The van der Waals surface area contributed by atoms with Crippen molar-refractivity contribution in [2.45, 2.75) is 52.2 Å². The van der Waals surface area contributed by atoms with Crippen LogP contribution in [0.2, 0.25) is 0 Å². The van der Waals surface area contributed by atoms with E-state index in [-0.39, 0.29) is 12.4 Å². The Hall–Kier alpha value is -2.82. The van der Waals surface area contributed by atoms with Gasteiger partial charge in [0.2, 0.25) is 0 Å². The van der Waals surface area contributed by atoms with E-state index in [9.17, 15) is 19.2 Å². The maximum absolute atomic E-state index is 12.2. The molecule has 0 aromatic carbocycles. The van der Waals surface area contributed by atoms with E-state index in [0.717, 1.165) is 11.5 Å². The van der Waals surface area contributed by atoms with E-state index < -0.39 is 48.1 Å². The number of aromatic nitrogens is 3. The summed E-state index contributed by atoms with van der Waals surface area (Å²) in [6, 6.07) is 0. The van der Waals surface area contributed by atoms with E-state index in [2.05, 4.69) is 9.97 Å². The highest BCUT2D eigenvalue weighted by atomic mass is 16.7. The Labute approximate surface area is 148 Å². The molecule has 142 valence electrons. The number of carbonyl (C=O) groups excluding carboxylic acids is 3. The molecule has 4 atom stereocenters. The Morgan fingerprint density at radius 2 is 1.73 bits per heavy atom. The molecule has 1 fully saturated rings. The Morgan fingerprint density at radius 1 is 1.12 bits per heavy atom. The van der Waals surface area contributed by atoms with Crippen molar-refractivity contribution in [1.82, 2.24) is 14.5 Å². The molecule has 11 nitrogen and oxygen atoms in total. The first-order valence-electron chi connectivity index (χ1n) is 7.74. The second-order valence-corrected chi connectivity index (χ2v) is 5.61. The summed E-state index contributed by atoms with van der Waals surface area (Å²) >= 11 is 0. The largest absolute Gasteiger partial charge is 0.463 e. The molecule has 1 aromatic heterocycles. The van der Waals surface area contributed by atoms with Gasteiger partial charge in [0.25, 0.3) is 0 Å². The molecule has 0 bridgehead atoms. The molecule has 1 unspecified atom stereocenters. The fourth-order valence-electron chi connectivity index (χ4n) is 2.51. The zero-order valence-electron chi connectivity index (χ0n) is 14.7. The fourth-order valence-corrected chi connectivity index (χ4v) is 2.51. The lowest BCUT2D eigenvalue weighted by molar-refractivity contribution is -0.166. The molecule has 2 rings (SSSR count). The minimum absolute atomic E-state index is 0.251. The molecule has 11 heteroatoms. The Kier molecular flexibility index (Phi) is 6.03. The summed E-state index contributed by atoms with van der Waals surface area (Å²) in [7, 11) is 0. The van der Waals surface area contributed by atoms with Crippen LogP contribution in [0.15, 0.2) is 11.1 Å². The molecule has 1 aliphatic heterocycles. The minimum Gasteiger partial charge on any atom is -0.463 e. The predicted molar refractivity (Wildman–Crippen MR) is 82.7 cm³/mol. The van der Waals surface area contributed by atoms with Gasteiger partial charge in [-0.2, -0.15) is 4.98 Å². The Bertz CT molecular complexity index is 762. The van der Waals surface area contributed by atoms with Crippen molar-refractivity contribution in [3.05, 3.63) is 22.6 Å². The van der Waals surface area contributed by atoms with Crippen molar-refractivity contribution in [3.8, 4) is 0 Å². The Morgan fingerprint density at radius 3 is 2.27 bits per heavy atom. The second-order valence-electron chi connectivity index (χ2n) is 5.61. The van der Waals surface area contributed by atoms with E-state index in [0.29, 0.717) is 0 Å². The third-order valence-corrected chi connectivity index (χ3v) is 3.46. The molecule has 1 aliphatic rings. The average molecular weight is 369 g/mol. The number of rotatable bonds is 5. The summed E-state index contributed by atoms with van der Waals surface area (Å²) in [5.41, 5.74) is -0.686. The van der Waals surface area contributed by atoms with Crippen LogP contribution in [0.3, 0.4) is 0 Å². The molecule has 1 aromatic rings. The van der Waals surface area contributed by atoms with Gasteiger partial charge in [0.15, 0.2) is 18.4 Å². The standard InChI is InChI=1S/C15H19N3O8/c1-7-16-6-18(15(22)17-7)14-13(25-10(4)21)12(24-9(3)20)11(26-14)5-23-8(2)19/h6,11-14H,5H2,1-4H3/t11-,12+,13?,14-/m1/s1. The number of hydrogen-bond donors (Lipinski definition) is 0.